The maximum Gasteiger partial charge on any atom is 0.412 e. The summed E-state index contributed by atoms with van der Waals surface area (Å²) < 4.78 is 11.1. The molecule has 132 valence electrons. The molecule has 25 heavy (non-hydrogen) atoms. The average molecular weight is 341 g/mol. The molecule has 1 aliphatic heterocycles. The normalized spacial score (nSPS) is 20.3. The number of aliphatic hydroxyl groups is 1. The van der Waals surface area contributed by atoms with Crippen LogP contribution in [-0.4, -0.2) is 35.0 Å². The second kappa shape index (κ2) is 8.65. The Morgan fingerprint density at radius 3 is 2.24 bits per heavy atom. The molecule has 1 amide bonds. The lowest BCUT2D eigenvalue weighted by Crippen LogP contribution is -2.51. The number of carbonyl (C=O) groups is 1. The van der Waals surface area contributed by atoms with Crippen LogP contribution in [0, 0.1) is 0 Å². The zero-order valence-electron chi connectivity index (χ0n) is 14.1. The smallest absolute Gasteiger partial charge is 0.412 e. The Balaban J connectivity index is 1.52. The molecule has 2 atom stereocenters. The molecule has 1 N–H and O–H groups in total. The third-order valence-electron chi connectivity index (χ3n) is 4.29. The van der Waals surface area contributed by atoms with E-state index in [2.05, 4.69) is 0 Å². The number of aliphatic hydroxyl groups excluding tert-OH is 1. The van der Waals surface area contributed by atoms with E-state index in [0.717, 1.165) is 24.0 Å². The third kappa shape index (κ3) is 4.81. The third-order valence-corrected chi connectivity index (χ3v) is 4.29. The molecule has 0 radical (unpaired) electrons. The highest BCUT2D eigenvalue weighted by molar-refractivity contribution is 5.68. The maximum atomic E-state index is 12.3. The Kier molecular flexibility index (Phi) is 6.04. The highest BCUT2D eigenvalue weighted by atomic mass is 16.6. The van der Waals surface area contributed by atoms with E-state index in [-0.39, 0.29) is 6.61 Å². The number of benzene rings is 2. The Morgan fingerprint density at radius 2 is 1.60 bits per heavy atom. The van der Waals surface area contributed by atoms with E-state index in [9.17, 15) is 9.90 Å². The molecule has 5 heteroatoms. The molecule has 0 bridgehead atoms. The fourth-order valence-electron chi connectivity index (χ4n) is 2.89. The number of hydrogen-bond donors (Lipinski definition) is 1. The topological polar surface area (TPSA) is 59.0 Å². The van der Waals surface area contributed by atoms with Gasteiger partial charge in [-0.3, -0.25) is 4.90 Å². The molecule has 0 saturated carbocycles. The van der Waals surface area contributed by atoms with Gasteiger partial charge in [0, 0.05) is 6.54 Å². The minimum Gasteiger partial charge on any atom is -0.444 e. The molecule has 2 aromatic carbocycles. The molecule has 2 aromatic rings. The van der Waals surface area contributed by atoms with E-state index in [4.69, 9.17) is 9.47 Å². The minimum absolute atomic E-state index is 0.193. The van der Waals surface area contributed by atoms with Gasteiger partial charge < -0.3 is 14.6 Å². The van der Waals surface area contributed by atoms with Gasteiger partial charge in [-0.15, -0.1) is 0 Å². The van der Waals surface area contributed by atoms with E-state index in [1.54, 1.807) is 0 Å². The lowest BCUT2D eigenvalue weighted by atomic mass is 10.1. The molecule has 5 nitrogen and oxygen atoms in total. The van der Waals surface area contributed by atoms with Crippen LogP contribution in [0.15, 0.2) is 60.7 Å². The van der Waals surface area contributed by atoms with Gasteiger partial charge in [0.15, 0.2) is 6.23 Å². The van der Waals surface area contributed by atoms with Crippen LogP contribution in [0.5, 0.6) is 0 Å². The maximum absolute atomic E-state index is 12.3. The van der Waals surface area contributed by atoms with Gasteiger partial charge in [0.2, 0.25) is 0 Å². The summed E-state index contributed by atoms with van der Waals surface area (Å²) in [5.41, 5.74) is 1.96. The van der Waals surface area contributed by atoms with Crippen molar-refractivity contribution < 1.29 is 19.4 Å². The molecule has 3 rings (SSSR count). The summed E-state index contributed by atoms with van der Waals surface area (Å²) in [5.74, 6) is 0. The Labute approximate surface area is 147 Å². The summed E-state index contributed by atoms with van der Waals surface area (Å²) in [6.45, 7) is 1.08. The fourth-order valence-corrected chi connectivity index (χ4v) is 2.89. The van der Waals surface area contributed by atoms with Gasteiger partial charge in [-0.2, -0.15) is 0 Å². The van der Waals surface area contributed by atoms with Gasteiger partial charge >= 0.3 is 6.09 Å². The van der Waals surface area contributed by atoms with Crippen molar-refractivity contribution in [1.29, 1.82) is 0 Å². The van der Waals surface area contributed by atoms with Crippen LogP contribution < -0.4 is 0 Å². The van der Waals surface area contributed by atoms with Crippen molar-refractivity contribution in [3.8, 4) is 0 Å². The zero-order valence-corrected chi connectivity index (χ0v) is 14.1. The fraction of sp³-hybridized carbons (Fsp3) is 0.350. The lowest BCUT2D eigenvalue weighted by molar-refractivity contribution is -0.130. The van der Waals surface area contributed by atoms with Crippen LogP contribution in [0.2, 0.25) is 0 Å². The van der Waals surface area contributed by atoms with Crippen LogP contribution >= 0.6 is 0 Å². The molecular weight excluding hydrogens is 318 g/mol. The van der Waals surface area contributed by atoms with Crippen LogP contribution in [0.3, 0.4) is 0 Å². The first-order valence-electron chi connectivity index (χ1n) is 8.55. The monoisotopic (exact) mass is 341 g/mol. The average Bonchev–Trinajstić information content (AvgIpc) is 2.67. The highest BCUT2D eigenvalue weighted by Crippen LogP contribution is 2.21. The molecule has 1 saturated heterocycles. The molecule has 0 aromatic heterocycles. The zero-order chi connectivity index (χ0) is 17.5. The van der Waals surface area contributed by atoms with E-state index in [1.807, 2.05) is 60.7 Å². The van der Waals surface area contributed by atoms with Gasteiger partial charge in [0.25, 0.3) is 0 Å². The number of likely N-dealkylation sites (tertiary alicyclic amines) is 1. The van der Waals surface area contributed by atoms with Crippen molar-refractivity contribution in [2.75, 3.05) is 6.54 Å². The first-order chi connectivity index (χ1) is 12.2. The molecule has 1 fully saturated rings. The van der Waals surface area contributed by atoms with Crippen molar-refractivity contribution >= 4 is 6.09 Å². The van der Waals surface area contributed by atoms with E-state index >= 15 is 0 Å². The van der Waals surface area contributed by atoms with Crippen molar-refractivity contribution in [3.63, 3.8) is 0 Å². The van der Waals surface area contributed by atoms with Gasteiger partial charge in [0.05, 0.1) is 6.61 Å². The summed E-state index contributed by atoms with van der Waals surface area (Å²) in [4.78, 5) is 13.6. The van der Waals surface area contributed by atoms with Crippen molar-refractivity contribution in [2.24, 2.45) is 0 Å². The van der Waals surface area contributed by atoms with Gasteiger partial charge in [-0.05, 0) is 24.0 Å². The Bertz CT molecular complexity index is 662. The molecule has 1 heterocycles. The van der Waals surface area contributed by atoms with Crippen LogP contribution in [0.25, 0.3) is 0 Å². The van der Waals surface area contributed by atoms with Crippen LogP contribution in [-0.2, 0) is 22.7 Å². The van der Waals surface area contributed by atoms with Crippen molar-refractivity contribution in [3.05, 3.63) is 71.8 Å². The number of hydrogen-bond acceptors (Lipinski definition) is 4. The quantitative estimate of drug-likeness (QED) is 0.906. The first kappa shape index (κ1) is 17.5. The minimum atomic E-state index is -0.985. The summed E-state index contributed by atoms with van der Waals surface area (Å²) in [6, 6.07) is 19.3. The Hall–Kier alpha value is -2.37. The molecule has 1 aliphatic rings. The number of amides is 1. The van der Waals surface area contributed by atoms with Gasteiger partial charge in [0.1, 0.15) is 12.7 Å². The summed E-state index contributed by atoms with van der Waals surface area (Å²) in [7, 11) is 0. The number of ether oxygens (including phenoxy) is 2. The molecular formula is C20H23NO4. The standard InChI is InChI=1S/C20H23NO4/c22-19-18(24-14-16-8-3-1-4-9-16)12-7-13-21(19)20(23)25-15-17-10-5-2-6-11-17/h1-6,8-11,18-19,22H,7,12-15H2. The largest absolute Gasteiger partial charge is 0.444 e. The second-order valence-electron chi connectivity index (χ2n) is 6.12. The summed E-state index contributed by atoms with van der Waals surface area (Å²) in [5, 5.41) is 10.5. The van der Waals surface area contributed by atoms with Crippen molar-refractivity contribution in [2.45, 2.75) is 38.4 Å². The highest BCUT2D eigenvalue weighted by Gasteiger charge is 2.34. The SMILES string of the molecule is O=C(OCc1ccccc1)N1CCCC(OCc2ccccc2)C1O. The van der Waals surface area contributed by atoms with E-state index < -0.39 is 18.4 Å². The Morgan fingerprint density at radius 1 is 1.00 bits per heavy atom. The molecule has 2 unspecified atom stereocenters. The molecule has 0 aliphatic carbocycles. The van der Waals surface area contributed by atoms with E-state index in [1.165, 1.54) is 4.90 Å². The number of nitrogens with zero attached hydrogens (tertiary/aromatic N) is 1. The number of piperidine rings is 1. The predicted octanol–water partition coefficient (Wildman–Crippen LogP) is 3.32. The number of carbonyl (C=O) groups excluding carboxylic acids is 1. The van der Waals surface area contributed by atoms with Crippen molar-refractivity contribution in [1.82, 2.24) is 4.90 Å². The summed E-state index contributed by atoms with van der Waals surface area (Å²) in [6.07, 6.45) is -0.406. The molecule has 0 spiro atoms. The first-order valence-corrected chi connectivity index (χ1v) is 8.55. The predicted molar refractivity (Wildman–Crippen MR) is 93.6 cm³/mol. The van der Waals surface area contributed by atoms with Crippen LogP contribution in [0.1, 0.15) is 24.0 Å². The van der Waals surface area contributed by atoms with Gasteiger partial charge in [-0.25, -0.2) is 4.79 Å². The van der Waals surface area contributed by atoms with E-state index in [0.29, 0.717) is 13.2 Å². The van der Waals surface area contributed by atoms with Crippen LogP contribution in [0.4, 0.5) is 4.79 Å². The van der Waals surface area contributed by atoms with Gasteiger partial charge in [-0.1, -0.05) is 60.7 Å². The summed E-state index contributed by atoms with van der Waals surface area (Å²) >= 11 is 0. The second-order valence-corrected chi connectivity index (χ2v) is 6.12. The lowest BCUT2D eigenvalue weighted by Gasteiger charge is -2.37. The number of rotatable bonds is 5.